The quantitative estimate of drug-likeness (QED) is 0.590. The number of carbonyl (C=O) groups excluding carboxylic acids is 1. The molecule has 1 aromatic rings. The van der Waals surface area contributed by atoms with E-state index in [1.165, 1.54) is 6.07 Å². The molecule has 0 spiro atoms. The van der Waals surface area contributed by atoms with E-state index in [9.17, 15) is 14.7 Å². The Balaban J connectivity index is 3.00. The number of benzene rings is 1. The largest absolute Gasteiger partial charge is 0.507 e. The summed E-state index contributed by atoms with van der Waals surface area (Å²) in [7, 11) is 0. The van der Waals surface area contributed by atoms with E-state index < -0.39 is 18.2 Å². The van der Waals surface area contributed by atoms with E-state index in [0.29, 0.717) is 12.0 Å². The average Bonchev–Trinajstić information content (AvgIpc) is 2.20. The number of phenolic OH excluding ortho intramolecular Hbond substituents is 1. The lowest BCUT2D eigenvalue weighted by atomic mass is 10.0. The first-order valence-corrected chi connectivity index (χ1v) is 5.12. The van der Waals surface area contributed by atoms with E-state index >= 15 is 0 Å². The number of aromatic hydroxyl groups is 1. The SMILES string of the molecule is CCCc1cccc(C(=O)CC(=O)O)c1O. The molecule has 0 atom stereocenters. The summed E-state index contributed by atoms with van der Waals surface area (Å²) in [6, 6.07) is 4.83. The molecular weight excluding hydrogens is 208 g/mol. The zero-order valence-electron chi connectivity index (χ0n) is 9.06. The molecule has 2 N–H and O–H groups in total. The van der Waals surface area contributed by atoms with Crippen molar-refractivity contribution < 1.29 is 19.8 Å². The molecule has 1 aromatic carbocycles. The Morgan fingerprint density at radius 2 is 2.00 bits per heavy atom. The van der Waals surface area contributed by atoms with Gasteiger partial charge < -0.3 is 10.2 Å². The molecular formula is C12H14O4. The topological polar surface area (TPSA) is 74.6 Å². The van der Waals surface area contributed by atoms with Crippen LogP contribution in [0.2, 0.25) is 0 Å². The maximum Gasteiger partial charge on any atom is 0.311 e. The van der Waals surface area contributed by atoms with E-state index in [1.807, 2.05) is 6.92 Å². The summed E-state index contributed by atoms with van der Waals surface area (Å²) in [6.45, 7) is 1.96. The van der Waals surface area contributed by atoms with Gasteiger partial charge >= 0.3 is 5.97 Å². The number of aliphatic carboxylic acids is 1. The highest BCUT2D eigenvalue weighted by Crippen LogP contribution is 2.24. The maximum absolute atomic E-state index is 11.5. The van der Waals surface area contributed by atoms with Crippen molar-refractivity contribution in [3.05, 3.63) is 29.3 Å². The third-order valence-corrected chi connectivity index (χ3v) is 2.25. The van der Waals surface area contributed by atoms with E-state index in [1.54, 1.807) is 12.1 Å². The first kappa shape index (κ1) is 12.2. The van der Waals surface area contributed by atoms with Gasteiger partial charge in [-0.05, 0) is 18.1 Å². The Labute approximate surface area is 93.5 Å². The monoisotopic (exact) mass is 222 g/mol. The standard InChI is InChI=1S/C12H14O4/c1-2-4-8-5-3-6-9(12(8)16)10(13)7-11(14)15/h3,5-6,16H,2,4,7H2,1H3,(H,14,15). The van der Waals surface area contributed by atoms with Gasteiger partial charge in [0.2, 0.25) is 0 Å². The number of ketones is 1. The molecule has 0 amide bonds. The fourth-order valence-corrected chi connectivity index (χ4v) is 1.52. The van der Waals surface area contributed by atoms with Crippen molar-refractivity contribution in [3.8, 4) is 5.75 Å². The molecule has 0 aliphatic carbocycles. The van der Waals surface area contributed by atoms with Gasteiger partial charge in [0.1, 0.15) is 12.2 Å². The second-order valence-electron chi connectivity index (χ2n) is 3.56. The van der Waals surface area contributed by atoms with Crippen molar-refractivity contribution in [3.63, 3.8) is 0 Å². The van der Waals surface area contributed by atoms with Gasteiger partial charge in [-0.1, -0.05) is 25.5 Å². The van der Waals surface area contributed by atoms with Crippen LogP contribution in [-0.4, -0.2) is 22.0 Å². The molecule has 16 heavy (non-hydrogen) atoms. The number of hydrogen-bond donors (Lipinski definition) is 2. The van der Waals surface area contributed by atoms with Crippen LogP contribution < -0.4 is 0 Å². The summed E-state index contributed by atoms with van der Waals surface area (Å²) in [5.41, 5.74) is 0.770. The number of phenols is 1. The molecule has 0 aliphatic heterocycles. The fourth-order valence-electron chi connectivity index (χ4n) is 1.52. The molecule has 4 heteroatoms. The van der Waals surface area contributed by atoms with Gasteiger partial charge in [0.05, 0.1) is 5.56 Å². The van der Waals surface area contributed by atoms with Crippen molar-refractivity contribution in [2.45, 2.75) is 26.2 Å². The molecule has 0 aliphatic rings. The third-order valence-electron chi connectivity index (χ3n) is 2.25. The van der Waals surface area contributed by atoms with E-state index in [-0.39, 0.29) is 11.3 Å². The second-order valence-corrected chi connectivity index (χ2v) is 3.56. The molecule has 0 aromatic heterocycles. The Morgan fingerprint density at radius 1 is 1.31 bits per heavy atom. The number of para-hydroxylation sites is 1. The van der Waals surface area contributed by atoms with Crippen molar-refractivity contribution in [1.82, 2.24) is 0 Å². The highest BCUT2D eigenvalue weighted by atomic mass is 16.4. The Morgan fingerprint density at radius 3 is 2.56 bits per heavy atom. The van der Waals surface area contributed by atoms with Crippen LogP contribution in [0.1, 0.15) is 35.7 Å². The Bertz CT molecular complexity index is 409. The lowest BCUT2D eigenvalue weighted by Crippen LogP contribution is -2.07. The van der Waals surface area contributed by atoms with Crippen LogP contribution in [0.5, 0.6) is 5.75 Å². The van der Waals surface area contributed by atoms with Crippen LogP contribution in [0.4, 0.5) is 0 Å². The second kappa shape index (κ2) is 5.30. The molecule has 86 valence electrons. The summed E-state index contributed by atoms with van der Waals surface area (Å²) in [5.74, 6) is -1.84. The van der Waals surface area contributed by atoms with Gasteiger partial charge in [0.25, 0.3) is 0 Å². The minimum atomic E-state index is -1.19. The average molecular weight is 222 g/mol. The lowest BCUT2D eigenvalue weighted by molar-refractivity contribution is -0.135. The maximum atomic E-state index is 11.5. The number of carboxylic acid groups (broad SMARTS) is 1. The van der Waals surface area contributed by atoms with Gasteiger partial charge in [0, 0.05) is 0 Å². The first-order chi connectivity index (χ1) is 7.56. The molecule has 0 saturated carbocycles. The van der Waals surface area contributed by atoms with Crippen molar-refractivity contribution in [1.29, 1.82) is 0 Å². The van der Waals surface area contributed by atoms with Gasteiger partial charge in [-0.15, -0.1) is 0 Å². The Hall–Kier alpha value is -1.84. The molecule has 1 rings (SSSR count). The van der Waals surface area contributed by atoms with Gasteiger partial charge in [0.15, 0.2) is 5.78 Å². The molecule has 0 bridgehead atoms. The van der Waals surface area contributed by atoms with Crippen LogP contribution in [0.15, 0.2) is 18.2 Å². The lowest BCUT2D eigenvalue weighted by Gasteiger charge is -2.07. The summed E-state index contributed by atoms with van der Waals surface area (Å²) >= 11 is 0. The van der Waals surface area contributed by atoms with Crippen LogP contribution in [0.25, 0.3) is 0 Å². The number of aryl methyl sites for hydroxylation is 1. The van der Waals surface area contributed by atoms with Gasteiger partial charge in [-0.3, -0.25) is 9.59 Å². The molecule has 0 heterocycles. The van der Waals surface area contributed by atoms with Crippen molar-refractivity contribution >= 4 is 11.8 Å². The van der Waals surface area contributed by atoms with Gasteiger partial charge in [-0.25, -0.2) is 0 Å². The van der Waals surface area contributed by atoms with Crippen LogP contribution in [0.3, 0.4) is 0 Å². The summed E-state index contributed by atoms with van der Waals surface area (Å²) in [5, 5.41) is 18.3. The number of rotatable bonds is 5. The summed E-state index contributed by atoms with van der Waals surface area (Å²) < 4.78 is 0. The predicted octanol–water partition coefficient (Wildman–Crippen LogP) is 2.00. The fraction of sp³-hybridized carbons (Fsp3) is 0.333. The highest BCUT2D eigenvalue weighted by molar-refractivity contribution is 6.07. The number of hydrogen-bond acceptors (Lipinski definition) is 3. The predicted molar refractivity (Wildman–Crippen MR) is 58.7 cm³/mol. The van der Waals surface area contributed by atoms with E-state index in [0.717, 1.165) is 6.42 Å². The van der Waals surface area contributed by atoms with Crippen molar-refractivity contribution in [2.24, 2.45) is 0 Å². The highest BCUT2D eigenvalue weighted by Gasteiger charge is 2.16. The molecule has 0 saturated heterocycles. The summed E-state index contributed by atoms with van der Waals surface area (Å²) in [6.07, 6.45) is 0.924. The minimum absolute atomic E-state index is 0.0874. The zero-order chi connectivity index (χ0) is 12.1. The Kier molecular flexibility index (Phi) is 4.05. The van der Waals surface area contributed by atoms with E-state index in [4.69, 9.17) is 5.11 Å². The molecule has 0 radical (unpaired) electrons. The molecule has 0 fully saturated rings. The zero-order valence-corrected chi connectivity index (χ0v) is 9.06. The van der Waals surface area contributed by atoms with Crippen LogP contribution in [-0.2, 0) is 11.2 Å². The van der Waals surface area contributed by atoms with E-state index in [2.05, 4.69) is 0 Å². The van der Waals surface area contributed by atoms with Crippen LogP contribution >= 0.6 is 0 Å². The van der Waals surface area contributed by atoms with Gasteiger partial charge in [-0.2, -0.15) is 0 Å². The minimum Gasteiger partial charge on any atom is -0.507 e. The molecule has 4 nitrogen and oxygen atoms in total. The third kappa shape index (κ3) is 2.82. The summed E-state index contributed by atoms with van der Waals surface area (Å²) in [4.78, 5) is 21.9. The van der Waals surface area contributed by atoms with Crippen LogP contribution in [0, 0.1) is 0 Å². The first-order valence-electron chi connectivity index (χ1n) is 5.12. The number of carbonyl (C=O) groups is 2. The number of carboxylic acids is 1. The number of Topliss-reactive ketones (excluding diaryl/α,β-unsaturated/α-hetero) is 1. The smallest absolute Gasteiger partial charge is 0.311 e. The molecule has 0 unspecified atom stereocenters. The van der Waals surface area contributed by atoms with Crippen molar-refractivity contribution in [2.75, 3.05) is 0 Å². The normalized spacial score (nSPS) is 10.1.